The van der Waals surface area contributed by atoms with Gasteiger partial charge in [-0.05, 0) is 5.92 Å². The van der Waals surface area contributed by atoms with Crippen LogP contribution in [0, 0.1) is 5.92 Å². The molecule has 0 aromatic rings. The number of aliphatic imine (C=N–C) groups is 1. The van der Waals surface area contributed by atoms with Crippen molar-refractivity contribution in [3.8, 4) is 0 Å². The number of hydrogen-bond acceptors (Lipinski definition) is 2. The standard InChI is InChI=1S/C13H28N4O.HI/c1-6-11(7-2)10-16-13(14-3)15-9-8-12(18)17(4)5;/h11H,6-10H2,1-5H3,(H2,14,15,16);1H. The fourth-order valence-electron chi connectivity index (χ4n) is 1.55. The summed E-state index contributed by atoms with van der Waals surface area (Å²) in [5, 5.41) is 6.44. The zero-order chi connectivity index (χ0) is 14.0. The van der Waals surface area contributed by atoms with Gasteiger partial charge in [-0.15, -0.1) is 24.0 Å². The highest BCUT2D eigenvalue weighted by molar-refractivity contribution is 14.0. The molecule has 0 rings (SSSR count). The molecule has 0 heterocycles. The minimum absolute atomic E-state index is 0. The molecular weight excluding hydrogens is 355 g/mol. The lowest BCUT2D eigenvalue weighted by molar-refractivity contribution is -0.128. The Morgan fingerprint density at radius 1 is 1.21 bits per heavy atom. The molecule has 0 spiro atoms. The van der Waals surface area contributed by atoms with E-state index in [4.69, 9.17) is 0 Å². The number of halogens is 1. The van der Waals surface area contributed by atoms with Gasteiger partial charge in [0.05, 0.1) is 0 Å². The molecule has 0 unspecified atom stereocenters. The van der Waals surface area contributed by atoms with Gasteiger partial charge in [0, 0.05) is 40.7 Å². The van der Waals surface area contributed by atoms with Crippen LogP contribution in [0.1, 0.15) is 33.1 Å². The van der Waals surface area contributed by atoms with Crippen molar-refractivity contribution in [2.75, 3.05) is 34.2 Å². The Morgan fingerprint density at radius 2 is 1.79 bits per heavy atom. The summed E-state index contributed by atoms with van der Waals surface area (Å²) in [5.74, 6) is 1.57. The van der Waals surface area contributed by atoms with Gasteiger partial charge in [-0.2, -0.15) is 0 Å². The summed E-state index contributed by atoms with van der Waals surface area (Å²) in [6.07, 6.45) is 2.82. The van der Waals surface area contributed by atoms with E-state index >= 15 is 0 Å². The van der Waals surface area contributed by atoms with Crippen molar-refractivity contribution in [3.63, 3.8) is 0 Å². The Labute approximate surface area is 134 Å². The summed E-state index contributed by atoms with van der Waals surface area (Å²) < 4.78 is 0. The van der Waals surface area contributed by atoms with Crippen LogP contribution in [-0.2, 0) is 4.79 Å². The molecule has 6 heteroatoms. The summed E-state index contributed by atoms with van der Waals surface area (Å²) in [6, 6.07) is 0. The normalized spacial score (nSPS) is 10.9. The fraction of sp³-hybridized carbons (Fsp3) is 0.846. The first-order valence-electron chi connectivity index (χ1n) is 6.69. The zero-order valence-corrected chi connectivity index (χ0v) is 15.2. The van der Waals surface area contributed by atoms with Crippen LogP contribution >= 0.6 is 24.0 Å². The molecule has 0 aromatic carbocycles. The fourth-order valence-corrected chi connectivity index (χ4v) is 1.55. The predicted molar refractivity (Wildman–Crippen MR) is 92.2 cm³/mol. The summed E-state index contributed by atoms with van der Waals surface area (Å²) in [4.78, 5) is 17.1. The zero-order valence-electron chi connectivity index (χ0n) is 12.8. The van der Waals surface area contributed by atoms with E-state index in [1.54, 1.807) is 26.0 Å². The molecule has 19 heavy (non-hydrogen) atoms. The largest absolute Gasteiger partial charge is 0.356 e. The molecular formula is C13H29IN4O. The third-order valence-corrected chi connectivity index (χ3v) is 3.07. The summed E-state index contributed by atoms with van der Waals surface area (Å²) >= 11 is 0. The first-order valence-corrected chi connectivity index (χ1v) is 6.69. The lowest BCUT2D eigenvalue weighted by Gasteiger charge is -2.17. The van der Waals surface area contributed by atoms with E-state index in [0.717, 1.165) is 12.5 Å². The molecule has 2 N–H and O–H groups in total. The van der Waals surface area contributed by atoms with Crippen LogP contribution < -0.4 is 10.6 Å². The number of nitrogens with zero attached hydrogens (tertiary/aromatic N) is 2. The highest BCUT2D eigenvalue weighted by Crippen LogP contribution is 2.04. The third-order valence-electron chi connectivity index (χ3n) is 3.07. The number of guanidine groups is 1. The molecule has 0 fully saturated rings. The van der Waals surface area contributed by atoms with Crippen LogP contribution in [-0.4, -0.2) is 51.0 Å². The molecule has 1 amide bonds. The SMILES string of the molecule is CCC(CC)CNC(=NC)NCCC(=O)N(C)C.I. The third kappa shape index (κ3) is 9.98. The molecule has 0 bridgehead atoms. The van der Waals surface area contributed by atoms with Crippen molar-refractivity contribution in [2.45, 2.75) is 33.1 Å². The summed E-state index contributed by atoms with van der Waals surface area (Å²) in [5.41, 5.74) is 0. The number of carbonyl (C=O) groups is 1. The van der Waals surface area contributed by atoms with E-state index in [1.165, 1.54) is 12.8 Å². The Morgan fingerprint density at radius 3 is 2.21 bits per heavy atom. The van der Waals surface area contributed by atoms with Gasteiger partial charge in [0.25, 0.3) is 0 Å². The lowest BCUT2D eigenvalue weighted by Crippen LogP contribution is -2.41. The van der Waals surface area contributed by atoms with Crippen molar-refractivity contribution >= 4 is 35.8 Å². The average molecular weight is 384 g/mol. The second kappa shape index (κ2) is 12.5. The molecule has 0 aliphatic carbocycles. The predicted octanol–water partition coefficient (Wildman–Crippen LogP) is 1.68. The highest BCUT2D eigenvalue weighted by atomic mass is 127. The summed E-state index contributed by atoms with van der Waals surface area (Å²) in [7, 11) is 5.28. The number of nitrogens with one attached hydrogen (secondary N) is 2. The molecule has 0 saturated heterocycles. The average Bonchev–Trinajstić information content (AvgIpc) is 2.37. The summed E-state index contributed by atoms with van der Waals surface area (Å²) in [6.45, 7) is 5.93. The van der Waals surface area contributed by atoms with Crippen LogP contribution in [0.15, 0.2) is 4.99 Å². The molecule has 5 nitrogen and oxygen atoms in total. The van der Waals surface area contributed by atoms with Crippen LogP contribution in [0.2, 0.25) is 0 Å². The maximum absolute atomic E-state index is 11.4. The van der Waals surface area contributed by atoms with Crippen molar-refractivity contribution in [1.29, 1.82) is 0 Å². The lowest BCUT2D eigenvalue weighted by atomic mass is 10.0. The van der Waals surface area contributed by atoms with E-state index in [-0.39, 0.29) is 29.9 Å². The Hall–Kier alpha value is -0.530. The highest BCUT2D eigenvalue weighted by Gasteiger charge is 2.06. The smallest absolute Gasteiger partial charge is 0.223 e. The van der Waals surface area contributed by atoms with Gasteiger partial charge in [-0.1, -0.05) is 26.7 Å². The molecule has 0 aliphatic heterocycles. The van der Waals surface area contributed by atoms with Crippen molar-refractivity contribution in [2.24, 2.45) is 10.9 Å². The second-order valence-corrected chi connectivity index (χ2v) is 4.60. The Balaban J connectivity index is 0. The van der Waals surface area contributed by atoms with Crippen LogP contribution in [0.4, 0.5) is 0 Å². The van der Waals surface area contributed by atoms with E-state index < -0.39 is 0 Å². The minimum atomic E-state index is 0. The van der Waals surface area contributed by atoms with E-state index in [2.05, 4.69) is 29.5 Å². The number of amides is 1. The first kappa shape index (κ1) is 20.8. The number of rotatable bonds is 7. The molecule has 114 valence electrons. The van der Waals surface area contributed by atoms with Gasteiger partial charge in [0.1, 0.15) is 0 Å². The van der Waals surface area contributed by atoms with Crippen molar-refractivity contribution < 1.29 is 4.79 Å². The Kier molecular flexibility index (Phi) is 13.7. The second-order valence-electron chi connectivity index (χ2n) is 4.60. The maximum Gasteiger partial charge on any atom is 0.223 e. The molecule has 0 radical (unpaired) electrons. The quantitative estimate of drug-likeness (QED) is 0.399. The van der Waals surface area contributed by atoms with E-state index in [1.807, 2.05) is 0 Å². The Bertz CT molecular complexity index is 265. The van der Waals surface area contributed by atoms with Gasteiger partial charge in [0.15, 0.2) is 5.96 Å². The van der Waals surface area contributed by atoms with Gasteiger partial charge < -0.3 is 15.5 Å². The van der Waals surface area contributed by atoms with Crippen LogP contribution in [0.5, 0.6) is 0 Å². The van der Waals surface area contributed by atoms with Crippen molar-refractivity contribution in [1.82, 2.24) is 15.5 Å². The van der Waals surface area contributed by atoms with Gasteiger partial charge in [-0.3, -0.25) is 9.79 Å². The number of hydrogen-bond donors (Lipinski definition) is 2. The molecule has 0 atom stereocenters. The van der Waals surface area contributed by atoms with Crippen molar-refractivity contribution in [3.05, 3.63) is 0 Å². The molecule has 0 aliphatic rings. The number of carbonyl (C=O) groups excluding carboxylic acids is 1. The monoisotopic (exact) mass is 384 g/mol. The molecule has 0 aromatic heterocycles. The van der Waals surface area contributed by atoms with E-state index in [9.17, 15) is 4.79 Å². The van der Waals surface area contributed by atoms with Crippen LogP contribution in [0.3, 0.4) is 0 Å². The van der Waals surface area contributed by atoms with Crippen LogP contribution in [0.25, 0.3) is 0 Å². The van der Waals surface area contributed by atoms with Gasteiger partial charge in [-0.25, -0.2) is 0 Å². The maximum atomic E-state index is 11.4. The first-order chi connectivity index (χ1) is 8.54. The molecule has 0 saturated carbocycles. The topological polar surface area (TPSA) is 56.7 Å². The van der Waals surface area contributed by atoms with E-state index in [0.29, 0.717) is 18.9 Å². The van der Waals surface area contributed by atoms with Gasteiger partial charge in [0.2, 0.25) is 5.91 Å². The van der Waals surface area contributed by atoms with Gasteiger partial charge >= 0.3 is 0 Å². The minimum Gasteiger partial charge on any atom is -0.356 e.